The molecule has 0 bridgehead atoms. The number of rotatable bonds is 9. The molecule has 0 saturated heterocycles. The number of furan rings is 1. The monoisotopic (exact) mass is 448 g/mol. The summed E-state index contributed by atoms with van der Waals surface area (Å²) in [5, 5.41) is 9.06. The molecule has 1 heterocycles. The predicted octanol–water partition coefficient (Wildman–Crippen LogP) is 2.30. The smallest absolute Gasteiger partial charge is 0.329 e. The minimum absolute atomic E-state index is 0.105. The Kier molecular flexibility index (Phi) is 8.35. The summed E-state index contributed by atoms with van der Waals surface area (Å²) in [6.07, 6.45) is 2.86. The van der Waals surface area contributed by atoms with E-state index in [1.54, 1.807) is 36.4 Å². The number of amides is 3. The molecule has 33 heavy (non-hydrogen) atoms. The van der Waals surface area contributed by atoms with Gasteiger partial charge in [-0.25, -0.2) is 5.43 Å². The second kappa shape index (κ2) is 11.8. The van der Waals surface area contributed by atoms with Crippen molar-refractivity contribution in [1.29, 1.82) is 0 Å². The van der Waals surface area contributed by atoms with Crippen LogP contribution in [0.2, 0.25) is 0 Å². The predicted molar refractivity (Wildman–Crippen MR) is 121 cm³/mol. The zero-order chi connectivity index (χ0) is 23.5. The van der Waals surface area contributed by atoms with Gasteiger partial charge in [-0.2, -0.15) is 5.10 Å². The van der Waals surface area contributed by atoms with Crippen molar-refractivity contribution in [2.24, 2.45) is 5.10 Å². The largest absolute Gasteiger partial charge is 0.484 e. The summed E-state index contributed by atoms with van der Waals surface area (Å²) in [5.41, 5.74) is 3.83. The van der Waals surface area contributed by atoms with Crippen LogP contribution in [0.4, 0.5) is 0 Å². The van der Waals surface area contributed by atoms with Gasteiger partial charge in [0.2, 0.25) is 0 Å². The molecule has 0 unspecified atom stereocenters. The van der Waals surface area contributed by atoms with E-state index < -0.39 is 11.8 Å². The molecule has 0 radical (unpaired) electrons. The lowest BCUT2D eigenvalue weighted by molar-refractivity contribution is -0.139. The second-order valence-electron chi connectivity index (χ2n) is 7.02. The Bertz CT molecular complexity index is 1080. The van der Waals surface area contributed by atoms with Crippen LogP contribution >= 0.6 is 0 Å². The number of carbonyl (C=O) groups excluding carboxylic acids is 3. The highest BCUT2D eigenvalue weighted by Crippen LogP contribution is 2.13. The van der Waals surface area contributed by atoms with Gasteiger partial charge >= 0.3 is 11.8 Å². The molecule has 9 nitrogen and oxygen atoms in total. The van der Waals surface area contributed by atoms with Gasteiger partial charge in [-0.1, -0.05) is 30.3 Å². The van der Waals surface area contributed by atoms with Crippen LogP contribution in [0.15, 0.2) is 82.5 Å². The summed E-state index contributed by atoms with van der Waals surface area (Å²) in [6.45, 7) is 1.89. The van der Waals surface area contributed by atoms with Crippen molar-refractivity contribution in [3.8, 4) is 5.75 Å². The van der Waals surface area contributed by atoms with Crippen LogP contribution in [0.3, 0.4) is 0 Å². The zero-order valence-electron chi connectivity index (χ0n) is 18.0. The SMILES string of the molecule is C[C@@H](NC(=O)COc1ccc(/C=N\NC(=O)C(=O)NCc2ccco2)cc1)c1ccccc1. The highest BCUT2D eigenvalue weighted by molar-refractivity contribution is 6.35. The Labute approximate surface area is 190 Å². The summed E-state index contributed by atoms with van der Waals surface area (Å²) >= 11 is 0. The maximum atomic E-state index is 12.1. The van der Waals surface area contributed by atoms with Gasteiger partial charge in [-0.05, 0) is 54.4 Å². The summed E-state index contributed by atoms with van der Waals surface area (Å²) in [6, 6.07) is 19.6. The first-order valence-corrected chi connectivity index (χ1v) is 10.2. The van der Waals surface area contributed by atoms with Gasteiger partial charge in [-0.15, -0.1) is 0 Å². The van der Waals surface area contributed by atoms with Crippen LogP contribution in [0, 0.1) is 0 Å². The molecule has 3 rings (SSSR count). The normalized spacial score (nSPS) is 11.5. The Morgan fingerprint density at radius 3 is 2.45 bits per heavy atom. The maximum absolute atomic E-state index is 12.1. The molecule has 2 aromatic carbocycles. The van der Waals surface area contributed by atoms with Gasteiger partial charge in [0.1, 0.15) is 11.5 Å². The van der Waals surface area contributed by atoms with Gasteiger partial charge in [0, 0.05) is 0 Å². The fraction of sp³-hybridized carbons (Fsp3) is 0.167. The van der Waals surface area contributed by atoms with E-state index in [-0.39, 0.29) is 25.1 Å². The van der Waals surface area contributed by atoms with Crippen LogP contribution in [0.1, 0.15) is 29.9 Å². The molecule has 0 aliphatic heterocycles. The molecule has 0 fully saturated rings. The van der Waals surface area contributed by atoms with Crippen molar-refractivity contribution < 1.29 is 23.5 Å². The van der Waals surface area contributed by atoms with E-state index in [0.717, 1.165) is 5.56 Å². The van der Waals surface area contributed by atoms with E-state index in [1.807, 2.05) is 37.3 Å². The number of hydrogen-bond donors (Lipinski definition) is 3. The lowest BCUT2D eigenvalue weighted by Gasteiger charge is -2.14. The molecule has 3 amide bonds. The van der Waals surface area contributed by atoms with Crippen LogP contribution < -0.4 is 20.8 Å². The van der Waals surface area contributed by atoms with Gasteiger partial charge in [0.25, 0.3) is 5.91 Å². The molecular formula is C24H24N4O5. The van der Waals surface area contributed by atoms with E-state index in [0.29, 0.717) is 17.1 Å². The first-order chi connectivity index (χ1) is 16.0. The first kappa shape index (κ1) is 23.3. The molecule has 0 aliphatic carbocycles. The third kappa shape index (κ3) is 7.66. The molecule has 1 atom stereocenters. The van der Waals surface area contributed by atoms with Gasteiger partial charge in [0.05, 0.1) is 25.1 Å². The standard InChI is InChI=1S/C24H24N4O5/c1-17(19-6-3-2-4-7-19)27-22(29)16-33-20-11-9-18(10-12-20)14-26-28-24(31)23(30)25-15-21-8-5-13-32-21/h2-14,17H,15-16H2,1H3,(H,25,30)(H,27,29)(H,28,31)/b26-14-/t17-/m1/s1. The summed E-state index contributed by atoms with van der Waals surface area (Å²) < 4.78 is 10.6. The number of hydrogen-bond acceptors (Lipinski definition) is 6. The van der Waals surface area contributed by atoms with E-state index in [4.69, 9.17) is 9.15 Å². The van der Waals surface area contributed by atoms with Crippen molar-refractivity contribution in [3.05, 3.63) is 89.9 Å². The number of carbonyl (C=O) groups is 3. The lowest BCUT2D eigenvalue weighted by atomic mass is 10.1. The number of ether oxygens (including phenoxy) is 1. The fourth-order valence-electron chi connectivity index (χ4n) is 2.78. The van der Waals surface area contributed by atoms with Crippen LogP contribution in [0.5, 0.6) is 5.75 Å². The van der Waals surface area contributed by atoms with Crippen molar-refractivity contribution >= 4 is 23.9 Å². The highest BCUT2D eigenvalue weighted by atomic mass is 16.5. The van der Waals surface area contributed by atoms with Crippen molar-refractivity contribution in [3.63, 3.8) is 0 Å². The summed E-state index contributed by atoms with van der Waals surface area (Å²) in [4.78, 5) is 35.6. The van der Waals surface area contributed by atoms with E-state index in [2.05, 4.69) is 21.2 Å². The van der Waals surface area contributed by atoms with E-state index in [1.165, 1.54) is 12.5 Å². The van der Waals surface area contributed by atoms with E-state index in [9.17, 15) is 14.4 Å². The zero-order valence-corrected chi connectivity index (χ0v) is 18.0. The first-order valence-electron chi connectivity index (χ1n) is 10.2. The van der Waals surface area contributed by atoms with E-state index >= 15 is 0 Å². The number of nitrogens with zero attached hydrogens (tertiary/aromatic N) is 1. The quantitative estimate of drug-likeness (QED) is 0.263. The maximum Gasteiger partial charge on any atom is 0.329 e. The van der Waals surface area contributed by atoms with Crippen LogP contribution in [0.25, 0.3) is 0 Å². The molecule has 0 spiro atoms. The fourth-order valence-corrected chi connectivity index (χ4v) is 2.78. The van der Waals surface area contributed by atoms with Crippen molar-refractivity contribution in [1.82, 2.24) is 16.1 Å². The third-order valence-corrected chi connectivity index (χ3v) is 4.52. The number of nitrogens with one attached hydrogen (secondary N) is 3. The minimum Gasteiger partial charge on any atom is -0.484 e. The third-order valence-electron chi connectivity index (χ3n) is 4.52. The highest BCUT2D eigenvalue weighted by Gasteiger charge is 2.12. The molecule has 0 aliphatic rings. The second-order valence-corrected chi connectivity index (χ2v) is 7.02. The molecule has 0 saturated carbocycles. The summed E-state index contributed by atoms with van der Waals surface area (Å²) in [7, 11) is 0. The number of benzene rings is 2. The topological polar surface area (TPSA) is 122 Å². The molecule has 3 aromatic rings. The average molecular weight is 448 g/mol. The molecule has 1 aromatic heterocycles. The molecule has 170 valence electrons. The van der Waals surface area contributed by atoms with Crippen molar-refractivity contribution in [2.75, 3.05) is 6.61 Å². The van der Waals surface area contributed by atoms with Crippen molar-refractivity contribution in [2.45, 2.75) is 19.5 Å². The minimum atomic E-state index is -0.895. The number of hydrazone groups is 1. The molecule has 9 heteroatoms. The Balaban J connectivity index is 1.38. The van der Waals surface area contributed by atoms with Gasteiger partial charge in [-0.3, -0.25) is 14.4 Å². The Morgan fingerprint density at radius 1 is 1.00 bits per heavy atom. The lowest BCUT2D eigenvalue weighted by Crippen LogP contribution is -2.37. The van der Waals surface area contributed by atoms with Crippen LogP contribution in [-0.4, -0.2) is 30.5 Å². The Morgan fingerprint density at radius 2 is 1.76 bits per heavy atom. The molecule has 3 N–H and O–H groups in total. The summed E-state index contributed by atoms with van der Waals surface area (Å²) in [5.74, 6) is -0.910. The van der Waals surface area contributed by atoms with Gasteiger partial charge < -0.3 is 19.8 Å². The average Bonchev–Trinajstić information content (AvgIpc) is 3.36. The van der Waals surface area contributed by atoms with Gasteiger partial charge in [0.15, 0.2) is 6.61 Å². The molecular weight excluding hydrogens is 424 g/mol. The van der Waals surface area contributed by atoms with Crippen LogP contribution in [-0.2, 0) is 20.9 Å². The Hall–Kier alpha value is -4.40.